The first-order valence-electron chi connectivity index (χ1n) is 12.8. The van der Waals surface area contributed by atoms with E-state index in [9.17, 15) is 22.4 Å². The van der Waals surface area contributed by atoms with Crippen LogP contribution in [-0.2, 0) is 28.6 Å². The second-order valence-electron chi connectivity index (χ2n) is 9.96. The summed E-state index contributed by atoms with van der Waals surface area (Å²) in [5, 5.41) is 8.52. The minimum Gasteiger partial charge on any atom is -1.00 e. The predicted molar refractivity (Wildman–Crippen MR) is 155 cm³/mol. The van der Waals surface area contributed by atoms with Gasteiger partial charge in [0, 0.05) is 0 Å². The van der Waals surface area contributed by atoms with Crippen LogP contribution in [0.3, 0.4) is 0 Å². The first-order valence-corrected chi connectivity index (χ1v) is 16.5. The Morgan fingerprint density at radius 2 is 1.46 bits per heavy atom. The van der Waals surface area contributed by atoms with E-state index in [0.29, 0.717) is 19.3 Å². The zero-order valence-electron chi connectivity index (χ0n) is 23.9. The fourth-order valence-corrected chi connectivity index (χ4v) is 5.65. The molecule has 0 aliphatic carbocycles. The van der Waals surface area contributed by atoms with Crippen molar-refractivity contribution in [1.29, 1.82) is 0 Å². The van der Waals surface area contributed by atoms with Crippen LogP contribution in [0, 0.1) is 18.8 Å². The number of halogens is 2. The predicted octanol–water partition coefficient (Wildman–Crippen LogP) is 3.39. The summed E-state index contributed by atoms with van der Waals surface area (Å²) in [4.78, 5) is 22.4. The number of benzene rings is 1. The lowest BCUT2D eigenvalue weighted by atomic mass is 10.1. The molecule has 1 rings (SSSR count). The lowest BCUT2D eigenvalue weighted by molar-refractivity contribution is -0.159. The lowest BCUT2D eigenvalue weighted by Gasteiger charge is -2.22. The number of carboxylic acid groups (broad SMARTS) is 1. The summed E-state index contributed by atoms with van der Waals surface area (Å²) in [6.07, 6.45) is 2.62. The largest absolute Gasteiger partial charge is 1.00 e. The van der Waals surface area contributed by atoms with E-state index < -0.39 is 21.7 Å². The van der Waals surface area contributed by atoms with Gasteiger partial charge in [0.1, 0.15) is 5.60 Å². The molecule has 2 unspecified atom stereocenters. The number of hydrogen-bond donors (Lipinski definition) is 1. The van der Waals surface area contributed by atoms with Crippen LogP contribution in [0.1, 0.15) is 65.9 Å². The number of thioether (sulfide) groups is 2. The van der Waals surface area contributed by atoms with Gasteiger partial charge >= 0.3 is 11.9 Å². The van der Waals surface area contributed by atoms with E-state index >= 15 is 0 Å². The highest BCUT2D eigenvalue weighted by molar-refractivity contribution is 7.99. The third kappa shape index (κ3) is 21.4. The molecule has 0 amide bonds. The average Bonchev–Trinajstić information content (AvgIpc) is 2.82. The van der Waals surface area contributed by atoms with Crippen molar-refractivity contribution < 1.29 is 48.8 Å². The number of aryl methyl sites for hydroxylation is 1. The quantitative estimate of drug-likeness (QED) is 0.157. The molecule has 1 aromatic rings. The van der Waals surface area contributed by atoms with E-state index in [0.717, 1.165) is 35.0 Å². The van der Waals surface area contributed by atoms with Gasteiger partial charge in [-0.05, 0) is 88.5 Å². The Balaban J connectivity index is 0. The molecule has 0 radical (unpaired) electrons. The lowest BCUT2D eigenvalue weighted by Crippen LogP contribution is -3.00. The summed E-state index contributed by atoms with van der Waals surface area (Å²) in [7, 11) is -3.68. The minimum absolute atomic E-state index is 0. The van der Waals surface area contributed by atoms with Crippen molar-refractivity contribution in [3.8, 4) is 0 Å². The van der Waals surface area contributed by atoms with Crippen LogP contribution >= 0.6 is 23.5 Å². The first-order chi connectivity index (χ1) is 17.7. The van der Waals surface area contributed by atoms with Crippen LogP contribution in [0.2, 0.25) is 0 Å². The van der Waals surface area contributed by atoms with Crippen molar-refractivity contribution in [1.82, 2.24) is 0 Å². The second-order valence-corrected chi connectivity index (χ2v) is 14.0. The molecule has 0 aliphatic heterocycles. The number of ether oxygens (including phenoxy) is 1. The Kier molecular flexibility index (Phi) is 22.3. The number of hydrogen-bond acceptors (Lipinski definition) is 8. The molecule has 0 aromatic heterocycles. The molecule has 1 N–H and O–H groups in total. The second kappa shape index (κ2) is 21.7. The van der Waals surface area contributed by atoms with Gasteiger partial charge in [0.25, 0.3) is 10.1 Å². The van der Waals surface area contributed by atoms with Gasteiger partial charge in [0.2, 0.25) is 0 Å². The van der Waals surface area contributed by atoms with Crippen LogP contribution in [0.4, 0.5) is 4.39 Å². The summed E-state index contributed by atoms with van der Waals surface area (Å²) >= 11 is 3.30. The van der Waals surface area contributed by atoms with E-state index in [1.807, 2.05) is 34.6 Å². The third-order valence-electron chi connectivity index (χ3n) is 5.02. The van der Waals surface area contributed by atoms with Gasteiger partial charge in [-0.1, -0.05) is 31.5 Å². The number of carbonyl (C=O) groups is 2. The number of alkyl halides is 1. The zero-order chi connectivity index (χ0) is 29.2. The molecule has 39 heavy (non-hydrogen) atoms. The number of rotatable bonds is 17. The third-order valence-corrected chi connectivity index (χ3v) is 8.55. The molecule has 228 valence electrons. The molecule has 1 aromatic carbocycles. The van der Waals surface area contributed by atoms with E-state index in [-0.39, 0.29) is 48.4 Å². The molecule has 2 atom stereocenters. The SMILES string of the molecule is CC(CCSCCC[18F])C(=O)O.Cc1ccc(S(=O)(=O)OCCCSCCC(C)C(=O)OC(C)(C)C)cc1.[Cl-]. The van der Waals surface area contributed by atoms with Gasteiger partial charge in [0.05, 0.1) is 30.0 Å². The smallest absolute Gasteiger partial charge is 0.309 e. The summed E-state index contributed by atoms with van der Waals surface area (Å²) in [6.45, 7) is 10.9. The Morgan fingerprint density at radius 1 is 0.949 bits per heavy atom. The average molecular weight is 631 g/mol. The maximum atomic E-state index is 12.0. The van der Waals surface area contributed by atoms with E-state index in [2.05, 4.69) is 0 Å². The molecule has 0 heterocycles. The topological polar surface area (TPSA) is 107 Å². The van der Waals surface area contributed by atoms with Crippen LogP contribution in [0.5, 0.6) is 0 Å². The normalized spacial score (nSPS) is 12.9. The summed E-state index contributed by atoms with van der Waals surface area (Å²) in [6, 6.07) is 6.60. The van der Waals surface area contributed by atoms with Crippen molar-refractivity contribution >= 4 is 45.6 Å². The minimum atomic E-state index is -3.68. The van der Waals surface area contributed by atoms with Crippen LogP contribution in [0.15, 0.2) is 29.2 Å². The van der Waals surface area contributed by atoms with Gasteiger partial charge < -0.3 is 22.3 Å². The van der Waals surface area contributed by atoms with Crippen molar-refractivity contribution in [2.45, 2.75) is 77.7 Å². The van der Waals surface area contributed by atoms with Gasteiger partial charge in [-0.2, -0.15) is 31.9 Å². The first kappa shape index (κ1) is 40.1. The zero-order valence-corrected chi connectivity index (χ0v) is 27.1. The molecule has 0 spiro atoms. The molecular weight excluding hydrogens is 586 g/mol. The summed E-state index contributed by atoms with van der Waals surface area (Å²) in [5.41, 5.74) is 0.541. The fourth-order valence-electron chi connectivity index (χ4n) is 2.63. The van der Waals surface area contributed by atoms with Crippen LogP contribution in [0.25, 0.3) is 0 Å². The maximum Gasteiger partial charge on any atom is 0.309 e. The highest BCUT2D eigenvalue weighted by Gasteiger charge is 2.21. The van der Waals surface area contributed by atoms with Crippen LogP contribution < -0.4 is 12.4 Å². The van der Waals surface area contributed by atoms with Crippen molar-refractivity contribution in [2.75, 3.05) is 36.3 Å². The van der Waals surface area contributed by atoms with E-state index in [1.165, 1.54) is 0 Å². The van der Waals surface area contributed by atoms with Gasteiger partial charge in [-0.25, -0.2) is 0 Å². The molecular formula is C27H45ClFO7S3-. The number of carboxylic acids is 1. The molecule has 0 fully saturated rings. The van der Waals surface area contributed by atoms with Gasteiger partial charge in [0.15, 0.2) is 0 Å². The highest BCUT2D eigenvalue weighted by Crippen LogP contribution is 2.17. The molecule has 7 nitrogen and oxygen atoms in total. The molecule has 12 heteroatoms. The Labute approximate surface area is 249 Å². The maximum absolute atomic E-state index is 12.0. The Bertz CT molecular complexity index is 907. The number of aliphatic carboxylic acids is 1. The van der Waals surface area contributed by atoms with Crippen molar-refractivity contribution in [3.63, 3.8) is 0 Å². The van der Waals surface area contributed by atoms with Gasteiger partial charge in [-0.15, -0.1) is 0 Å². The fraction of sp³-hybridized carbons (Fsp3) is 0.704. The molecule has 0 aliphatic rings. The summed E-state index contributed by atoms with van der Waals surface area (Å²) < 4.78 is 46.1. The molecule has 0 saturated heterocycles. The highest BCUT2D eigenvalue weighted by atomic mass is 35.5. The van der Waals surface area contributed by atoms with Crippen molar-refractivity contribution in [3.05, 3.63) is 29.8 Å². The molecule has 0 bridgehead atoms. The van der Waals surface area contributed by atoms with Crippen molar-refractivity contribution in [2.24, 2.45) is 11.8 Å². The summed E-state index contributed by atoms with van der Waals surface area (Å²) in [5.74, 6) is 1.88. The van der Waals surface area contributed by atoms with E-state index in [1.54, 1.807) is 54.7 Å². The van der Waals surface area contributed by atoms with Gasteiger partial charge in [-0.3, -0.25) is 18.2 Å². The standard InChI is InChI=1S/C19H30O5S2.C8H15FO2S.ClH/c1-15-7-9-17(10-8-15)26(21,22)23-12-6-13-25-14-11-16(2)18(20)24-19(3,4)5;1-7(8(10)11)3-6-12-5-2-4-9;/h7-10,16H,6,11-14H2,1-5H3;7H,2-6H2,1H3,(H,10,11);1H/p-1/i;9-1;. The Hall–Kier alpha value is -1.01. The monoisotopic (exact) mass is 630 g/mol. The number of carbonyl (C=O) groups excluding carboxylic acids is 1. The number of esters is 1. The Morgan fingerprint density at radius 3 is 1.95 bits per heavy atom. The van der Waals surface area contributed by atoms with E-state index in [4.69, 9.17) is 14.0 Å². The molecule has 0 saturated carbocycles. The van der Waals surface area contributed by atoms with Crippen LogP contribution in [-0.4, -0.2) is 67.4 Å².